The van der Waals surface area contributed by atoms with Crippen LogP contribution in [0.1, 0.15) is 54.2 Å². The van der Waals surface area contributed by atoms with Crippen LogP contribution in [-0.4, -0.2) is 41.5 Å². The summed E-state index contributed by atoms with van der Waals surface area (Å²) >= 11 is 1.51. The van der Waals surface area contributed by atoms with Crippen molar-refractivity contribution in [1.82, 2.24) is 10.3 Å². The molecule has 1 amide bonds. The van der Waals surface area contributed by atoms with Gasteiger partial charge in [-0.15, -0.1) is 11.3 Å². The van der Waals surface area contributed by atoms with E-state index in [1.54, 1.807) is 5.51 Å². The molecule has 0 spiro atoms. The fraction of sp³-hybridized carbons (Fsp3) is 0.647. The number of thiazole rings is 1. The van der Waals surface area contributed by atoms with E-state index in [-0.39, 0.29) is 6.54 Å². The van der Waals surface area contributed by atoms with Gasteiger partial charge < -0.3 is 19.4 Å². The SMILES string of the molecule is CC(C)(C)OC(=O)NCC(=Cc1cscn1)B1OC(C)(C)C(C)(C)O1. The van der Waals surface area contributed by atoms with Crippen molar-refractivity contribution >= 4 is 30.6 Å². The average molecular weight is 366 g/mol. The van der Waals surface area contributed by atoms with E-state index in [2.05, 4.69) is 10.3 Å². The first-order valence-corrected chi connectivity index (χ1v) is 9.25. The lowest BCUT2D eigenvalue weighted by Crippen LogP contribution is -2.41. The van der Waals surface area contributed by atoms with Gasteiger partial charge in [0.15, 0.2) is 0 Å². The summed E-state index contributed by atoms with van der Waals surface area (Å²) < 4.78 is 17.5. The van der Waals surface area contributed by atoms with Gasteiger partial charge in [-0.3, -0.25) is 0 Å². The predicted molar refractivity (Wildman–Crippen MR) is 100 cm³/mol. The first-order valence-electron chi connectivity index (χ1n) is 8.31. The van der Waals surface area contributed by atoms with E-state index in [0.29, 0.717) is 0 Å². The number of aromatic nitrogens is 1. The monoisotopic (exact) mass is 366 g/mol. The van der Waals surface area contributed by atoms with Gasteiger partial charge in [0.1, 0.15) is 5.60 Å². The summed E-state index contributed by atoms with van der Waals surface area (Å²) in [5.41, 5.74) is 1.90. The van der Waals surface area contributed by atoms with Crippen LogP contribution in [0, 0.1) is 0 Å². The number of rotatable bonds is 4. The Balaban J connectivity index is 2.14. The standard InChI is InChI=1S/C17H27BN2O4S/c1-15(2,3)22-14(21)19-9-12(8-13-10-25-11-20-13)18-23-16(4,5)17(6,7)24-18/h8,10-11H,9H2,1-7H3,(H,19,21). The minimum Gasteiger partial charge on any atom is -0.444 e. The van der Waals surface area contributed by atoms with Gasteiger partial charge in [-0.05, 0) is 60.0 Å². The van der Waals surface area contributed by atoms with Crippen LogP contribution in [0.15, 0.2) is 16.4 Å². The number of hydrogen-bond acceptors (Lipinski definition) is 6. The molecule has 1 fully saturated rings. The summed E-state index contributed by atoms with van der Waals surface area (Å²) in [7, 11) is -0.554. The zero-order valence-electron chi connectivity index (χ0n) is 16.0. The largest absolute Gasteiger partial charge is 0.492 e. The molecule has 0 radical (unpaired) electrons. The molecule has 0 saturated carbocycles. The normalized spacial score (nSPS) is 19.8. The summed E-state index contributed by atoms with van der Waals surface area (Å²) in [5, 5.41) is 4.70. The van der Waals surface area contributed by atoms with Crippen LogP contribution in [-0.2, 0) is 14.0 Å². The summed E-state index contributed by atoms with van der Waals surface area (Å²) in [6.07, 6.45) is 1.41. The van der Waals surface area contributed by atoms with Crippen molar-refractivity contribution in [3.63, 3.8) is 0 Å². The Bertz CT molecular complexity index is 620. The fourth-order valence-corrected chi connectivity index (χ4v) is 2.68. The van der Waals surface area contributed by atoms with Crippen molar-refractivity contribution < 1.29 is 18.8 Å². The Morgan fingerprint density at radius 1 is 1.32 bits per heavy atom. The predicted octanol–water partition coefficient (Wildman–Crippen LogP) is 3.68. The first-order chi connectivity index (χ1) is 11.4. The Labute approximate surface area is 154 Å². The molecule has 1 N–H and O–H groups in total. The number of nitrogens with one attached hydrogen (secondary N) is 1. The summed E-state index contributed by atoms with van der Waals surface area (Å²) in [6.45, 7) is 13.7. The highest BCUT2D eigenvalue weighted by molar-refractivity contribution is 7.07. The van der Waals surface area contributed by atoms with Crippen LogP contribution in [0.5, 0.6) is 0 Å². The van der Waals surface area contributed by atoms with E-state index in [4.69, 9.17) is 14.0 Å². The number of amides is 1. The van der Waals surface area contributed by atoms with Crippen molar-refractivity contribution in [2.45, 2.75) is 65.3 Å². The third kappa shape index (κ3) is 5.30. The van der Waals surface area contributed by atoms with Crippen LogP contribution in [0.25, 0.3) is 6.08 Å². The van der Waals surface area contributed by atoms with E-state index in [9.17, 15) is 4.79 Å². The van der Waals surface area contributed by atoms with E-state index in [1.165, 1.54) is 11.3 Å². The Kier molecular flexibility index (Phi) is 5.66. The van der Waals surface area contributed by atoms with E-state index >= 15 is 0 Å². The molecule has 6 nitrogen and oxygen atoms in total. The van der Waals surface area contributed by atoms with Gasteiger partial charge in [0, 0.05) is 11.9 Å². The Hall–Kier alpha value is -1.38. The van der Waals surface area contributed by atoms with Gasteiger partial charge >= 0.3 is 13.2 Å². The Morgan fingerprint density at radius 2 is 1.92 bits per heavy atom. The molecule has 1 aromatic rings. The third-order valence-electron chi connectivity index (χ3n) is 4.18. The highest BCUT2D eigenvalue weighted by Gasteiger charge is 2.52. The second kappa shape index (κ2) is 7.09. The van der Waals surface area contributed by atoms with Crippen LogP contribution in [0.3, 0.4) is 0 Å². The zero-order valence-corrected chi connectivity index (χ0v) is 16.8. The van der Waals surface area contributed by atoms with E-state index in [1.807, 2.05) is 59.9 Å². The topological polar surface area (TPSA) is 69.7 Å². The van der Waals surface area contributed by atoms with Crippen molar-refractivity contribution in [1.29, 1.82) is 0 Å². The molecule has 25 heavy (non-hydrogen) atoms. The Morgan fingerprint density at radius 3 is 2.40 bits per heavy atom. The third-order valence-corrected chi connectivity index (χ3v) is 4.78. The molecule has 0 unspecified atom stereocenters. The molecule has 1 aromatic heterocycles. The first kappa shape index (κ1) is 19.9. The molecule has 1 aliphatic rings. The highest BCUT2D eigenvalue weighted by atomic mass is 32.1. The molecule has 0 atom stereocenters. The number of carbonyl (C=O) groups excluding carboxylic acids is 1. The molecule has 8 heteroatoms. The van der Waals surface area contributed by atoms with Gasteiger partial charge in [-0.1, -0.05) is 0 Å². The summed E-state index contributed by atoms with van der Waals surface area (Å²) in [5.74, 6) is 0. The molecule has 2 rings (SSSR count). The van der Waals surface area contributed by atoms with Gasteiger partial charge in [-0.2, -0.15) is 0 Å². The maximum absolute atomic E-state index is 12.0. The molecular weight excluding hydrogens is 339 g/mol. The number of carbonyl (C=O) groups is 1. The van der Waals surface area contributed by atoms with Crippen LogP contribution in [0.2, 0.25) is 0 Å². The van der Waals surface area contributed by atoms with E-state index < -0.39 is 30.0 Å². The van der Waals surface area contributed by atoms with Gasteiger partial charge in [-0.25, -0.2) is 9.78 Å². The fourth-order valence-electron chi connectivity index (χ4n) is 2.17. The molecule has 0 bridgehead atoms. The highest BCUT2D eigenvalue weighted by Crippen LogP contribution is 2.38. The summed E-state index contributed by atoms with van der Waals surface area (Å²) in [4.78, 5) is 16.3. The smallest absolute Gasteiger partial charge is 0.444 e. The van der Waals surface area contributed by atoms with Crippen molar-refractivity contribution in [2.24, 2.45) is 0 Å². The lowest BCUT2D eigenvalue weighted by atomic mass is 9.77. The van der Waals surface area contributed by atoms with Gasteiger partial charge in [0.2, 0.25) is 0 Å². The van der Waals surface area contributed by atoms with Crippen molar-refractivity contribution in [3.8, 4) is 0 Å². The van der Waals surface area contributed by atoms with Crippen molar-refractivity contribution in [2.75, 3.05) is 6.54 Å². The molecule has 0 aromatic carbocycles. The number of alkyl carbamates (subject to hydrolysis) is 1. The molecule has 138 valence electrons. The number of hydrogen-bond donors (Lipinski definition) is 1. The van der Waals surface area contributed by atoms with Crippen molar-refractivity contribution in [3.05, 3.63) is 22.1 Å². The van der Waals surface area contributed by atoms with Crippen LogP contribution in [0.4, 0.5) is 4.79 Å². The molecule has 2 heterocycles. The van der Waals surface area contributed by atoms with Gasteiger partial charge in [0.05, 0.1) is 22.4 Å². The maximum atomic E-state index is 12.0. The number of nitrogens with zero attached hydrogens (tertiary/aromatic N) is 1. The molecular formula is C17H27BN2O4S. The molecule has 1 aliphatic heterocycles. The van der Waals surface area contributed by atoms with Gasteiger partial charge in [0.25, 0.3) is 0 Å². The van der Waals surface area contributed by atoms with Crippen LogP contribution < -0.4 is 5.32 Å². The zero-order chi connectivity index (χ0) is 18.9. The summed E-state index contributed by atoms with van der Waals surface area (Å²) in [6, 6.07) is 0. The second-order valence-electron chi connectivity index (χ2n) is 8.08. The maximum Gasteiger partial charge on any atom is 0.492 e. The quantitative estimate of drug-likeness (QED) is 0.824. The second-order valence-corrected chi connectivity index (χ2v) is 8.79. The van der Waals surface area contributed by atoms with E-state index in [0.717, 1.165) is 11.2 Å². The average Bonchev–Trinajstić information content (AvgIpc) is 2.99. The molecule has 0 aliphatic carbocycles. The van der Waals surface area contributed by atoms with Crippen LogP contribution >= 0.6 is 11.3 Å². The minimum absolute atomic E-state index is 0.253. The lowest BCUT2D eigenvalue weighted by molar-refractivity contribution is 0.00578. The lowest BCUT2D eigenvalue weighted by Gasteiger charge is -2.32. The molecule has 1 saturated heterocycles. The minimum atomic E-state index is -0.554. The number of ether oxygens (including phenoxy) is 1.